The van der Waals surface area contributed by atoms with Crippen molar-refractivity contribution in [1.29, 1.82) is 0 Å². The Balaban J connectivity index is 1.44. The molecule has 0 saturated carbocycles. The van der Waals surface area contributed by atoms with Gasteiger partial charge in [-0.1, -0.05) is 18.6 Å². The molecule has 2 aromatic heterocycles. The van der Waals surface area contributed by atoms with Crippen molar-refractivity contribution in [3.63, 3.8) is 0 Å². The van der Waals surface area contributed by atoms with Crippen LogP contribution in [0.3, 0.4) is 0 Å². The first-order chi connectivity index (χ1) is 12.6. The Bertz CT molecular complexity index is 854. The quantitative estimate of drug-likeness (QED) is 0.594. The number of hydrogen-bond donors (Lipinski definition) is 2. The number of unbranched alkanes of at least 4 members (excludes halogenated alkanes) is 2. The molecule has 0 atom stereocenters. The summed E-state index contributed by atoms with van der Waals surface area (Å²) in [6, 6.07) is 7.74. The third-order valence-corrected chi connectivity index (χ3v) is 4.78. The van der Waals surface area contributed by atoms with E-state index in [-0.39, 0.29) is 11.8 Å². The van der Waals surface area contributed by atoms with Gasteiger partial charge in [0.2, 0.25) is 11.8 Å². The van der Waals surface area contributed by atoms with Gasteiger partial charge in [0, 0.05) is 48.9 Å². The van der Waals surface area contributed by atoms with E-state index in [1.54, 1.807) is 11.3 Å². The van der Waals surface area contributed by atoms with E-state index in [2.05, 4.69) is 15.6 Å². The van der Waals surface area contributed by atoms with Crippen LogP contribution in [0.2, 0.25) is 0 Å². The molecule has 0 saturated heterocycles. The zero-order valence-electron chi connectivity index (χ0n) is 14.7. The Kier molecular flexibility index (Phi) is 6.01. The second-order valence-electron chi connectivity index (χ2n) is 6.14. The summed E-state index contributed by atoms with van der Waals surface area (Å²) in [5, 5.41) is 7.68. The first-order valence-corrected chi connectivity index (χ1v) is 9.57. The number of carbonyl (C=O) groups excluding carboxylic acids is 2. The number of hydrogen-bond acceptors (Lipinski definition) is 4. The van der Waals surface area contributed by atoms with Crippen LogP contribution < -0.4 is 10.6 Å². The third kappa shape index (κ3) is 4.92. The Morgan fingerprint density at radius 1 is 1.15 bits per heavy atom. The number of anilines is 1. The molecule has 2 amide bonds. The Morgan fingerprint density at radius 3 is 2.69 bits per heavy atom. The number of aromatic nitrogens is 2. The number of thiazole rings is 1. The maximum Gasteiger partial charge on any atom is 0.224 e. The van der Waals surface area contributed by atoms with Gasteiger partial charge >= 0.3 is 0 Å². The second kappa shape index (κ2) is 8.62. The van der Waals surface area contributed by atoms with Crippen molar-refractivity contribution in [2.45, 2.75) is 32.6 Å². The molecule has 26 heavy (non-hydrogen) atoms. The van der Waals surface area contributed by atoms with E-state index in [1.807, 2.05) is 46.4 Å². The van der Waals surface area contributed by atoms with E-state index < -0.39 is 0 Å². The molecule has 3 rings (SSSR count). The molecule has 0 unspecified atom stereocenters. The van der Waals surface area contributed by atoms with E-state index in [4.69, 9.17) is 0 Å². The predicted octanol–water partition coefficient (Wildman–Crippen LogP) is 3.70. The zero-order valence-corrected chi connectivity index (χ0v) is 15.5. The summed E-state index contributed by atoms with van der Waals surface area (Å²) >= 11 is 1.60. The van der Waals surface area contributed by atoms with Crippen LogP contribution in [0.25, 0.3) is 16.2 Å². The zero-order chi connectivity index (χ0) is 18.4. The lowest BCUT2D eigenvalue weighted by molar-refractivity contribution is -0.119. The summed E-state index contributed by atoms with van der Waals surface area (Å²) in [6.45, 7) is 2.18. The third-order valence-electron chi connectivity index (χ3n) is 4.01. The minimum atomic E-state index is -0.0124. The minimum Gasteiger partial charge on any atom is -0.356 e. The average Bonchev–Trinajstić information content (AvgIpc) is 3.20. The Labute approximate surface area is 156 Å². The highest BCUT2D eigenvalue weighted by Gasteiger charge is 2.06. The summed E-state index contributed by atoms with van der Waals surface area (Å²) in [4.78, 5) is 28.3. The van der Waals surface area contributed by atoms with Gasteiger partial charge in [0.05, 0.1) is 5.69 Å². The summed E-state index contributed by atoms with van der Waals surface area (Å²) in [7, 11) is 0. The van der Waals surface area contributed by atoms with Gasteiger partial charge in [-0.05, 0) is 25.0 Å². The van der Waals surface area contributed by atoms with Crippen molar-refractivity contribution in [2.75, 3.05) is 11.9 Å². The molecule has 6 nitrogen and oxygen atoms in total. The van der Waals surface area contributed by atoms with Gasteiger partial charge in [-0.3, -0.25) is 14.0 Å². The van der Waals surface area contributed by atoms with Gasteiger partial charge in [-0.2, -0.15) is 0 Å². The lowest BCUT2D eigenvalue weighted by Gasteiger charge is -2.06. The molecular formula is C19H22N4O2S. The van der Waals surface area contributed by atoms with E-state index in [9.17, 15) is 9.59 Å². The van der Waals surface area contributed by atoms with Crippen LogP contribution in [0, 0.1) is 0 Å². The highest BCUT2D eigenvalue weighted by atomic mass is 32.1. The Hall–Kier alpha value is -2.67. The lowest BCUT2D eigenvalue weighted by atomic mass is 10.1. The highest BCUT2D eigenvalue weighted by molar-refractivity contribution is 7.15. The average molecular weight is 370 g/mol. The molecule has 0 radical (unpaired) electrons. The van der Waals surface area contributed by atoms with Crippen molar-refractivity contribution < 1.29 is 9.59 Å². The fourth-order valence-corrected chi connectivity index (χ4v) is 3.37. The largest absolute Gasteiger partial charge is 0.356 e. The number of benzene rings is 1. The standard InChI is InChI=1S/C19H22N4O2S/c1-14(24)20-10-4-2-3-5-18(25)21-16-8-6-15(7-9-16)17-13-23-11-12-26-19(23)22-17/h6-9,11-13H,2-5,10H2,1H3,(H,20,24)(H,21,25). The maximum atomic E-state index is 12.0. The number of carbonyl (C=O) groups is 2. The van der Waals surface area contributed by atoms with Crippen LogP contribution in [0.5, 0.6) is 0 Å². The minimum absolute atomic E-state index is 0.0124. The number of fused-ring (bicyclic) bond motifs is 1. The van der Waals surface area contributed by atoms with E-state index >= 15 is 0 Å². The van der Waals surface area contributed by atoms with Gasteiger partial charge in [-0.25, -0.2) is 4.98 Å². The van der Waals surface area contributed by atoms with E-state index in [0.717, 1.165) is 41.2 Å². The number of nitrogens with one attached hydrogen (secondary N) is 2. The van der Waals surface area contributed by atoms with E-state index in [1.165, 1.54) is 6.92 Å². The molecule has 2 heterocycles. The molecule has 3 aromatic rings. The SMILES string of the molecule is CC(=O)NCCCCCC(=O)Nc1ccc(-c2cn3ccsc3n2)cc1. The van der Waals surface area contributed by atoms with Crippen molar-refractivity contribution in [2.24, 2.45) is 0 Å². The van der Waals surface area contributed by atoms with Gasteiger partial charge in [0.15, 0.2) is 4.96 Å². The van der Waals surface area contributed by atoms with Crippen LogP contribution >= 0.6 is 11.3 Å². The van der Waals surface area contributed by atoms with Gasteiger partial charge < -0.3 is 10.6 Å². The fraction of sp³-hybridized carbons (Fsp3) is 0.316. The van der Waals surface area contributed by atoms with Gasteiger partial charge in [0.25, 0.3) is 0 Å². The first-order valence-electron chi connectivity index (χ1n) is 8.69. The van der Waals surface area contributed by atoms with Crippen LogP contribution in [0.1, 0.15) is 32.6 Å². The smallest absolute Gasteiger partial charge is 0.224 e. The predicted molar refractivity (Wildman–Crippen MR) is 104 cm³/mol. The normalized spacial score (nSPS) is 10.8. The molecule has 2 N–H and O–H groups in total. The number of amides is 2. The molecule has 136 valence electrons. The molecule has 0 bridgehead atoms. The van der Waals surface area contributed by atoms with Crippen LogP contribution in [0.4, 0.5) is 5.69 Å². The summed E-state index contributed by atoms with van der Waals surface area (Å²) in [6.07, 6.45) is 7.10. The number of imidazole rings is 1. The highest BCUT2D eigenvalue weighted by Crippen LogP contribution is 2.23. The van der Waals surface area contributed by atoms with E-state index in [0.29, 0.717) is 13.0 Å². The molecule has 1 aromatic carbocycles. The summed E-state index contributed by atoms with van der Waals surface area (Å²) in [5.41, 5.74) is 2.74. The molecule has 0 spiro atoms. The van der Waals surface area contributed by atoms with Crippen LogP contribution in [-0.2, 0) is 9.59 Å². The van der Waals surface area contributed by atoms with Crippen molar-refractivity contribution in [3.8, 4) is 11.3 Å². The Morgan fingerprint density at radius 2 is 1.96 bits per heavy atom. The topological polar surface area (TPSA) is 75.5 Å². The second-order valence-corrected chi connectivity index (χ2v) is 7.01. The molecule has 0 fully saturated rings. The molecule has 0 aliphatic carbocycles. The van der Waals surface area contributed by atoms with Crippen molar-refractivity contribution in [1.82, 2.24) is 14.7 Å². The summed E-state index contributed by atoms with van der Waals surface area (Å²) in [5.74, 6) is 0.00125. The monoisotopic (exact) mass is 370 g/mol. The molecular weight excluding hydrogens is 348 g/mol. The van der Waals surface area contributed by atoms with Gasteiger partial charge in [0.1, 0.15) is 0 Å². The van der Waals surface area contributed by atoms with Crippen molar-refractivity contribution >= 4 is 33.8 Å². The van der Waals surface area contributed by atoms with Crippen molar-refractivity contribution in [3.05, 3.63) is 42.0 Å². The van der Waals surface area contributed by atoms with Gasteiger partial charge in [-0.15, -0.1) is 11.3 Å². The van der Waals surface area contributed by atoms with Crippen LogP contribution in [-0.4, -0.2) is 27.7 Å². The maximum absolute atomic E-state index is 12.0. The molecule has 0 aliphatic rings. The lowest BCUT2D eigenvalue weighted by Crippen LogP contribution is -2.20. The number of nitrogens with zero attached hydrogens (tertiary/aromatic N) is 2. The molecule has 7 heteroatoms. The number of rotatable bonds is 8. The fourth-order valence-electron chi connectivity index (χ4n) is 2.67. The summed E-state index contributed by atoms with van der Waals surface area (Å²) < 4.78 is 2.00. The molecule has 0 aliphatic heterocycles. The first kappa shape index (κ1) is 18.1. The van der Waals surface area contributed by atoms with Crippen LogP contribution in [0.15, 0.2) is 42.0 Å².